The first-order valence-electron chi connectivity index (χ1n) is 7.74. The lowest BCUT2D eigenvalue weighted by Crippen LogP contribution is -2.41. The van der Waals surface area contributed by atoms with Gasteiger partial charge in [-0.3, -0.25) is 4.90 Å². The fraction of sp³-hybridized carbons (Fsp3) is 0.647. The standard InChI is InChI=1S/C16H25NO2.CH4O/c1-3-9-17(10-11-18)14-7-8-15-13(12-14)5-4-6-16(15)19-2;1-2/h4-6,14,18H,3,7-12H2,1-2H3;2H,1H3/t14-;/m0./s1. The van der Waals surface area contributed by atoms with E-state index < -0.39 is 0 Å². The van der Waals surface area contributed by atoms with Crippen molar-refractivity contribution >= 4 is 0 Å². The van der Waals surface area contributed by atoms with Gasteiger partial charge >= 0.3 is 0 Å². The van der Waals surface area contributed by atoms with E-state index in [4.69, 9.17) is 9.84 Å². The maximum Gasteiger partial charge on any atom is 0.122 e. The van der Waals surface area contributed by atoms with E-state index in [2.05, 4.69) is 30.0 Å². The van der Waals surface area contributed by atoms with Gasteiger partial charge in [-0.1, -0.05) is 19.1 Å². The van der Waals surface area contributed by atoms with E-state index in [1.54, 1.807) is 7.11 Å². The second-order valence-corrected chi connectivity index (χ2v) is 5.25. The molecule has 0 saturated heterocycles. The van der Waals surface area contributed by atoms with Gasteiger partial charge in [0, 0.05) is 19.7 Å². The molecule has 0 spiro atoms. The molecule has 0 fully saturated rings. The number of benzene rings is 1. The SMILES string of the molecule is CCCN(CCO)[C@H]1CCc2c(cccc2OC)C1.CO. The molecule has 0 heterocycles. The first-order chi connectivity index (χ1) is 10.3. The van der Waals surface area contributed by atoms with Crippen LogP contribution in [0.1, 0.15) is 30.9 Å². The summed E-state index contributed by atoms with van der Waals surface area (Å²) in [7, 11) is 2.75. The Hall–Kier alpha value is -1.10. The van der Waals surface area contributed by atoms with Crippen molar-refractivity contribution in [3.63, 3.8) is 0 Å². The molecule has 1 aromatic rings. The summed E-state index contributed by atoms with van der Waals surface area (Å²) in [5.74, 6) is 1.03. The Kier molecular flexibility index (Phi) is 8.35. The van der Waals surface area contributed by atoms with Crippen LogP contribution in [0.5, 0.6) is 5.75 Å². The van der Waals surface area contributed by atoms with Crippen LogP contribution in [0.4, 0.5) is 0 Å². The van der Waals surface area contributed by atoms with Crippen molar-refractivity contribution in [2.75, 3.05) is 33.9 Å². The van der Waals surface area contributed by atoms with E-state index in [1.165, 1.54) is 11.1 Å². The zero-order valence-electron chi connectivity index (χ0n) is 13.5. The third-order valence-corrected chi connectivity index (χ3v) is 4.05. The quantitative estimate of drug-likeness (QED) is 0.841. The molecule has 21 heavy (non-hydrogen) atoms. The lowest BCUT2D eigenvalue weighted by Gasteiger charge is -2.35. The van der Waals surface area contributed by atoms with E-state index in [-0.39, 0.29) is 6.61 Å². The minimum absolute atomic E-state index is 0.251. The van der Waals surface area contributed by atoms with Crippen LogP contribution < -0.4 is 4.74 Å². The van der Waals surface area contributed by atoms with Crippen molar-refractivity contribution in [2.45, 2.75) is 38.6 Å². The predicted octanol–water partition coefficient (Wildman–Crippen LogP) is 1.87. The molecule has 0 bridgehead atoms. The fourth-order valence-corrected chi connectivity index (χ4v) is 3.15. The molecule has 0 radical (unpaired) electrons. The maximum atomic E-state index is 9.21. The minimum atomic E-state index is 0.251. The number of methoxy groups -OCH3 is 1. The Morgan fingerprint density at radius 1 is 1.29 bits per heavy atom. The largest absolute Gasteiger partial charge is 0.496 e. The molecule has 0 unspecified atom stereocenters. The highest BCUT2D eigenvalue weighted by Crippen LogP contribution is 2.31. The molecule has 1 atom stereocenters. The summed E-state index contributed by atoms with van der Waals surface area (Å²) in [5.41, 5.74) is 2.79. The summed E-state index contributed by atoms with van der Waals surface area (Å²) in [4.78, 5) is 2.43. The minimum Gasteiger partial charge on any atom is -0.496 e. The van der Waals surface area contributed by atoms with Crippen LogP contribution in [0, 0.1) is 0 Å². The predicted molar refractivity (Wildman–Crippen MR) is 85.9 cm³/mol. The van der Waals surface area contributed by atoms with Crippen LogP contribution >= 0.6 is 0 Å². The number of aliphatic hydroxyl groups is 2. The van der Waals surface area contributed by atoms with E-state index in [9.17, 15) is 5.11 Å². The van der Waals surface area contributed by atoms with Crippen molar-refractivity contribution in [3.8, 4) is 5.75 Å². The average molecular weight is 295 g/mol. The summed E-state index contributed by atoms with van der Waals surface area (Å²) >= 11 is 0. The van der Waals surface area contributed by atoms with Gasteiger partial charge in [-0.2, -0.15) is 0 Å². The van der Waals surface area contributed by atoms with Gasteiger partial charge in [-0.25, -0.2) is 0 Å². The van der Waals surface area contributed by atoms with Crippen molar-refractivity contribution < 1.29 is 14.9 Å². The van der Waals surface area contributed by atoms with Gasteiger partial charge in [0.15, 0.2) is 0 Å². The average Bonchev–Trinajstić information content (AvgIpc) is 2.55. The third-order valence-electron chi connectivity index (χ3n) is 4.05. The lowest BCUT2D eigenvalue weighted by atomic mass is 9.86. The van der Waals surface area contributed by atoms with E-state index in [0.29, 0.717) is 6.04 Å². The van der Waals surface area contributed by atoms with Gasteiger partial charge in [0.2, 0.25) is 0 Å². The molecule has 0 saturated carbocycles. The molecule has 1 aliphatic rings. The van der Waals surface area contributed by atoms with Crippen LogP contribution in [0.2, 0.25) is 0 Å². The molecule has 1 aromatic carbocycles. The molecule has 0 aromatic heterocycles. The Labute approximate surface area is 128 Å². The molecule has 120 valence electrons. The first-order valence-corrected chi connectivity index (χ1v) is 7.74. The molecule has 0 amide bonds. The summed E-state index contributed by atoms with van der Waals surface area (Å²) in [6.07, 6.45) is 4.46. The number of rotatable bonds is 6. The van der Waals surface area contributed by atoms with Crippen molar-refractivity contribution in [2.24, 2.45) is 0 Å². The highest BCUT2D eigenvalue weighted by molar-refractivity contribution is 5.42. The lowest BCUT2D eigenvalue weighted by molar-refractivity contribution is 0.139. The topological polar surface area (TPSA) is 52.9 Å². The molecule has 0 aliphatic heterocycles. The fourth-order valence-electron chi connectivity index (χ4n) is 3.15. The van der Waals surface area contributed by atoms with Crippen molar-refractivity contribution in [3.05, 3.63) is 29.3 Å². The normalized spacial score (nSPS) is 17.0. The second-order valence-electron chi connectivity index (χ2n) is 5.25. The summed E-state index contributed by atoms with van der Waals surface area (Å²) in [6.45, 7) is 4.31. The van der Waals surface area contributed by atoms with Gasteiger partial charge in [0.25, 0.3) is 0 Å². The van der Waals surface area contributed by atoms with Crippen LogP contribution in [-0.4, -0.2) is 55.1 Å². The number of ether oxygens (including phenoxy) is 1. The molecular formula is C17H29NO3. The van der Waals surface area contributed by atoms with Crippen LogP contribution in [-0.2, 0) is 12.8 Å². The van der Waals surface area contributed by atoms with Gasteiger partial charge in [0.1, 0.15) is 5.75 Å². The highest BCUT2D eigenvalue weighted by atomic mass is 16.5. The molecule has 1 aliphatic carbocycles. The molecule has 4 nitrogen and oxygen atoms in total. The maximum absolute atomic E-state index is 9.21. The van der Waals surface area contributed by atoms with E-state index in [1.807, 2.05) is 0 Å². The van der Waals surface area contributed by atoms with Crippen molar-refractivity contribution in [1.82, 2.24) is 4.90 Å². The summed E-state index contributed by atoms with van der Waals surface area (Å²) in [6, 6.07) is 6.91. The smallest absolute Gasteiger partial charge is 0.122 e. The Bertz CT molecular complexity index is 403. The molecule has 2 N–H and O–H groups in total. The summed E-state index contributed by atoms with van der Waals surface area (Å²) in [5, 5.41) is 16.2. The van der Waals surface area contributed by atoms with Crippen LogP contribution in [0.15, 0.2) is 18.2 Å². The number of hydrogen-bond donors (Lipinski definition) is 2. The number of nitrogens with zero attached hydrogens (tertiary/aromatic N) is 1. The number of aliphatic hydroxyl groups excluding tert-OH is 2. The monoisotopic (exact) mass is 295 g/mol. The Morgan fingerprint density at radius 3 is 2.67 bits per heavy atom. The highest BCUT2D eigenvalue weighted by Gasteiger charge is 2.25. The third kappa shape index (κ3) is 4.70. The van der Waals surface area contributed by atoms with Gasteiger partial charge < -0.3 is 14.9 Å². The number of fused-ring (bicyclic) bond motifs is 1. The Morgan fingerprint density at radius 2 is 2.05 bits per heavy atom. The van der Waals surface area contributed by atoms with Gasteiger partial charge in [0.05, 0.1) is 13.7 Å². The molecule has 4 heteroatoms. The van der Waals surface area contributed by atoms with Crippen molar-refractivity contribution in [1.29, 1.82) is 0 Å². The Balaban J connectivity index is 0.00000106. The number of hydrogen-bond acceptors (Lipinski definition) is 4. The molecule has 2 rings (SSSR count). The zero-order chi connectivity index (χ0) is 15.7. The van der Waals surface area contributed by atoms with Gasteiger partial charge in [-0.05, 0) is 49.4 Å². The van der Waals surface area contributed by atoms with E-state index in [0.717, 1.165) is 51.6 Å². The van der Waals surface area contributed by atoms with Crippen LogP contribution in [0.3, 0.4) is 0 Å². The van der Waals surface area contributed by atoms with Crippen LogP contribution in [0.25, 0.3) is 0 Å². The molecular weight excluding hydrogens is 266 g/mol. The van der Waals surface area contributed by atoms with Gasteiger partial charge in [-0.15, -0.1) is 0 Å². The van der Waals surface area contributed by atoms with E-state index >= 15 is 0 Å². The first kappa shape index (κ1) is 18.0. The summed E-state index contributed by atoms with van der Waals surface area (Å²) < 4.78 is 5.45. The second kappa shape index (κ2) is 9.77. The zero-order valence-corrected chi connectivity index (χ0v) is 13.5.